The van der Waals surface area contributed by atoms with Gasteiger partial charge in [-0.05, 0) is 56.1 Å². The molecule has 0 aliphatic carbocycles. The molecule has 1 aliphatic rings. The minimum Gasteiger partial charge on any atom is -0.497 e. The van der Waals surface area contributed by atoms with Crippen LogP contribution in [0.2, 0.25) is 0 Å². The van der Waals surface area contributed by atoms with Gasteiger partial charge >= 0.3 is 0 Å². The number of aliphatic imine (C=N–C) groups is 1. The summed E-state index contributed by atoms with van der Waals surface area (Å²) in [6.45, 7) is 6.55. The first kappa shape index (κ1) is 19.0. The Hall–Kier alpha value is -1.02. The highest BCUT2D eigenvalue weighted by Crippen LogP contribution is 2.14. The lowest BCUT2D eigenvalue weighted by molar-refractivity contribution is 0.292. The van der Waals surface area contributed by atoms with Gasteiger partial charge in [0.15, 0.2) is 5.96 Å². The molecule has 0 aromatic heterocycles. The van der Waals surface area contributed by atoms with Crippen molar-refractivity contribution in [2.24, 2.45) is 16.6 Å². The van der Waals surface area contributed by atoms with Crippen LogP contribution < -0.4 is 15.8 Å². The van der Waals surface area contributed by atoms with Crippen molar-refractivity contribution in [3.63, 3.8) is 0 Å². The van der Waals surface area contributed by atoms with Crippen LogP contribution in [-0.4, -0.2) is 44.1 Å². The summed E-state index contributed by atoms with van der Waals surface area (Å²) in [5.41, 5.74) is 6.85. The topological polar surface area (TPSA) is 62.9 Å². The summed E-state index contributed by atoms with van der Waals surface area (Å²) in [6, 6.07) is 7.64. The molecule has 1 heterocycles. The van der Waals surface area contributed by atoms with Gasteiger partial charge < -0.3 is 20.7 Å². The zero-order valence-corrected chi connectivity index (χ0v) is 15.7. The van der Waals surface area contributed by atoms with Gasteiger partial charge in [0.1, 0.15) is 5.75 Å². The van der Waals surface area contributed by atoms with Crippen molar-refractivity contribution in [1.82, 2.24) is 4.90 Å². The number of nitrogens with one attached hydrogen (secondary N) is 1. The molecular formula is C16H27IN4O. The Bertz CT molecular complexity index is 458. The summed E-state index contributed by atoms with van der Waals surface area (Å²) in [7, 11) is 1.65. The third-order valence-corrected chi connectivity index (χ3v) is 3.70. The number of benzene rings is 1. The van der Waals surface area contributed by atoms with E-state index in [1.165, 1.54) is 25.9 Å². The Morgan fingerprint density at radius 3 is 2.55 bits per heavy atom. The molecule has 1 aromatic rings. The first-order valence-corrected chi connectivity index (χ1v) is 7.60. The molecule has 1 saturated heterocycles. The van der Waals surface area contributed by atoms with E-state index in [0.29, 0.717) is 11.9 Å². The number of guanidine groups is 1. The summed E-state index contributed by atoms with van der Waals surface area (Å²) in [4.78, 5) is 6.94. The van der Waals surface area contributed by atoms with E-state index in [1.54, 1.807) is 7.11 Å². The van der Waals surface area contributed by atoms with Crippen LogP contribution >= 0.6 is 24.0 Å². The van der Waals surface area contributed by atoms with Gasteiger partial charge in [-0.3, -0.25) is 4.99 Å². The van der Waals surface area contributed by atoms with Crippen LogP contribution in [0.15, 0.2) is 29.3 Å². The smallest absolute Gasteiger partial charge is 0.193 e. The zero-order chi connectivity index (χ0) is 15.1. The molecular weight excluding hydrogens is 391 g/mol. The van der Waals surface area contributed by atoms with Gasteiger partial charge in [0.2, 0.25) is 0 Å². The predicted molar refractivity (Wildman–Crippen MR) is 103 cm³/mol. The Morgan fingerprint density at radius 1 is 1.32 bits per heavy atom. The number of nitrogens with two attached hydrogens (primary N) is 1. The van der Waals surface area contributed by atoms with E-state index in [9.17, 15) is 0 Å². The number of anilines is 1. The third-order valence-electron chi connectivity index (χ3n) is 3.70. The van der Waals surface area contributed by atoms with Gasteiger partial charge in [-0.2, -0.15) is 0 Å². The highest BCUT2D eigenvalue weighted by Gasteiger charge is 2.14. The lowest BCUT2D eigenvalue weighted by Crippen LogP contribution is -2.28. The summed E-state index contributed by atoms with van der Waals surface area (Å²) in [5, 5.41) is 3.10. The van der Waals surface area contributed by atoms with E-state index in [2.05, 4.69) is 22.1 Å². The van der Waals surface area contributed by atoms with Crippen molar-refractivity contribution >= 4 is 35.6 Å². The van der Waals surface area contributed by atoms with Crippen molar-refractivity contribution in [3.8, 4) is 5.75 Å². The third kappa shape index (κ3) is 6.39. The fraction of sp³-hybridized carbons (Fsp3) is 0.562. The summed E-state index contributed by atoms with van der Waals surface area (Å²) < 4.78 is 5.12. The molecule has 0 saturated carbocycles. The van der Waals surface area contributed by atoms with E-state index in [0.717, 1.165) is 24.5 Å². The second-order valence-corrected chi connectivity index (χ2v) is 5.69. The molecule has 3 N–H and O–H groups in total. The predicted octanol–water partition coefficient (Wildman–Crippen LogP) is 2.77. The lowest BCUT2D eigenvalue weighted by atomic mass is 10.2. The Labute approximate surface area is 150 Å². The fourth-order valence-electron chi connectivity index (χ4n) is 2.58. The maximum Gasteiger partial charge on any atom is 0.193 e. The number of nitrogens with zero attached hydrogens (tertiary/aromatic N) is 2. The Morgan fingerprint density at radius 2 is 1.95 bits per heavy atom. The number of hydrogen-bond acceptors (Lipinski definition) is 3. The van der Waals surface area contributed by atoms with Crippen LogP contribution in [0, 0.1) is 5.92 Å². The molecule has 1 unspecified atom stereocenters. The largest absolute Gasteiger partial charge is 0.497 e. The quantitative estimate of drug-likeness (QED) is 0.424. The molecule has 2 rings (SSSR count). The second-order valence-electron chi connectivity index (χ2n) is 5.69. The van der Waals surface area contributed by atoms with Crippen LogP contribution in [0.4, 0.5) is 5.69 Å². The molecule has 6 heteroatoms. The number of ether oxygens (including phenoxy) is 1. The molecule has 1 fully saturated rings. The van der Waals surface area contributed by atoms with Crippen molar-refractivity contribution in [2.75, 3.05) is 38.6 Å². The van der Waals surface area contributed by atoms with E-state index in [4.69, 9.17) is 10.5 Å². The molecule has 0 bridgehead atoms. The zero-order valence-electron chi connectivity index (χ0n) is 13.4. The van der Waals surface area contributed by atoms with Crippen LogP contribution in [0.1, 0.15) is 19.8 Å². The monoisotopic (exact) mass is 418 g/mol. The molecule has 1 atom stereocenters. The van der Waals surface area contributed by atoms with Crippen LogP contribution in [0.3, 0.4) is 0 Å². The molecule has 22 heavy (non-hydrogen) atoms. The standard InChI is InChI=1S/C16H26N4O.HI/c1-13(12-20-9-3-4-10-20)11-18-16(17)19-14-5-7-15(21-2)8-6-14;/h5-8,13H,3-4,9-12H2,1-2H3,(H3,17,18,19);1H. The maximum atomic E-state index is 5.93. The Balaban J connectivity index is 0.00000242. The van der Waals surface area contributed by atoms with Crippen LogP contribution in [-0.2, 0) is 0 Å². The molecule has 0 amide bonds. The van der Waals surface area contributed by atoms with Gasteiger partial charge in [-0.1, -0.05) is 6.92 Å². The van der Waals surface area contributed by atoms with Crippen molar-refractivity contribution in [1.29, 1.82) is 0 Å². The first-order chi connectivity index (χ1) is 10.2. The van der Waals surface area contributed by atoms with Crippen molar-refractivity contribution in [3.05, 3.63) is 24.3 Å². The van der Waals surface area contributed by atoms with Crippen molar-refractivity contribution in [2.45, 2.75) is 19.8 Å². The molecule has 0 radical (unpaired) electrons. The molecule has 5 nitrogen and oxygen atoms in total. The number of halogens is 1. The highest BCUT2D eigenvalue weighted by atomic mass is 127. The summed E-state index contributed by atoms with van der Waals surface area (Å²) in [6.07, 6.45) is 2.66. The van der Waals surface area contributed by atoms with Gasteiger partial charge in [0.05, 0.1) is 7.11 Å². The molecule has 1 aromatic carbocycles. The van der Waals surface area contributed by atoms with Crippen LogP contribution in [0.5, 0.6) is 5.75 Å². The lowest BCUT2D eigenvalue weighted by Gasteiger charge is -2.18. The summed E-state index contributed by atoms with van der Waals surface area (Å²) in [5.74, 6) is 1.82. The van der Waals surface area contributed by atoms with Gasteiger partial charge in [-0.25, -0.2) is 0 Å². The van der Waals surface area contributed by atoms with Crippen molar-refractivity contribution < 1.29 is 4.74 Å². The number of likely N-dealkylation sites (tertiary alicyclic amines) is 1. The number of rotatable bonds is 6. The van der Waals surface area contributed by atoms with Gasteiger partial charge in [-0.15, -0.1) is 24.0 Å². The molecule has 0 spiro atoms. The minimum atomic E-state index is 0. The maximum absolute atomic E-state index is 5.93. The number of methoxy groups -OCH3 is 1. The van der Waals surface area contributed by atoms with E-state index in [-0.39, 0.29) is 24.0 Å². The Kier molecular flexibility index (Phi) is 8.55. The average Bonchev–Trinajstić information content (AvgIpc) is 2.99. The SMILES string of the molecule is COc1ccc(NC(N)=NCC(C)CN2CCCC2)cc1.I. The van der Waals surface area contributed by atoms with E-state index < -0.39 is 0 Å². The fourth-order valence-corrected chi connectivity index (χ4v) is 2.58. The first-order valence-electron chi connectivity index (χ1n) is 7.60. The summed E-state index contributed by atoms with van der Waals surface area (Å²) >= 11 is 0. The second kappa shape index (κ2) is 9.89. The van der Waals surface area contributed by atoms with E-state index in [1.807, 2.05) is 24.3 Å². The minimum absolute atomic E-state index is 0. The van der Waals surface area contributed by atoms with Gasteiger partial charge in [0.25, 0.3) is 0 Å². The average molecular weight is 418 g/mol. The number of hydrogen-bond donors (Lipinski definition) is 2. The normalized spacial score (nSPS) is 16.9. The van der Waals surface area contributed by atoms with E-state index >= 15 is 0 Å². The molecule has 1 aliphatic heterocycles. The molecule has 124 valence electrons. The van der Waals surface area contributed by atoms with Crippen LogP contribution in [0.25, 0.3) is 0 Å². The van der Waals surface area contributed by atoms with Gasteiger partial charge in [0, 0.05) is 18.8 Å². The highest BCUT2D eigenvalue weighted by molar-refractivity contribution is 14.0.